The van der Waals surface area contributed by atoms with Gasteiger partial charge in [0.1, 0.15) is 6.04 Å². The SMILES string of the molecule is CC(C)C(NC(=O)c1ccccc1Cl)C(=O)NC1CCN(C(=O)Nc2ccccc2)CC1. The van der Waals surface area contributed by atoms with Crippen LogP contribution >= 0.6 is 11.6 Å². The quantitative estimate of drug-likeness (QED) is 0.615. The van der Waals surface area contributed by atoms with Crippen LogP contribution in [0.2, 0.25) is 5.02 Å². The summed E-state index contributed by atoms with van der Waals surface area (Å²) in [4.78, 5) is 39.7. The fourth-order valence-electron chi connectivity index (χ4n) is 3.64. The number of para-hydroxylation sites is 1. The highest BCUT2D eigenvalue weighted by molar-refractivity contribution is 6.33. The molecule has 2 aromatic rings. The van der Waals surface area contributed by atoms with Gasteiger partial charge >= 0.3 is 6.03 Å². The van der Waals surface area contributed by atoms with Gasteiger partial charge in [0, 0.05) is 24.8 Å². The molecule has 7 nitrogen and oxygen atoms in total. The van der Waals surface area contributed by atoms with Gasteiger partial charge in [-0.25, -0.2) is 4.79 Å². The molecule has 0 spiro atoms. The normalized spacial score (nSPS) is 15.2. The molecule has 1 aliphatic heterocycles. The first-order valence-electron chi connectivity index (χ1n) is 10.8. The molecule has 1 aliphatic rings. The molecule has 1 atom stereocenters. The lowest BCUT2D eigenvalue weighted by Gasteiger charge is -2.33. The fraction of sp³-hybridized carbons (Fsp3) is 0.375. The lowest BCUT2D eigenvalue weighted by molar-refractivity contribution is -0.124. The third-order valence-electron chi connectivity index (χ3n) is 5.51. The second kappa shape index (κ2) is 11.0. The van der Waals surface area contributed by atoms with E-state index in [1.165, 1.54) is 0 Å². The zero-order valence-electron chi connectivity index (χ0n) is 18.3. The summed E-state index contributed by atoms with van der Waals surface area (Å²) in [6, 6.07) is 15.2. The molecule has 3 rings (SSSR count). The molecule has 1 fully saturated rings. The van der Waals surface area contributed by atoms with Gasteiger partial charge in [-0.1, -0.05) is 55.8 Å². The van der Waals surface area contributed by atoms with Crippen molar-refractivity contribution in [2.24, 2.45) is 5.92 Å². The number of hydrogen-bond acceptors (Lipinski definition) is 3. The maximum atomic E-state index is 12.9. The minimum atomic E-state index is -0.682. The topological polar surface area (TPSA) is 90.5 Å². The standard InChI is InChI=1S/C24H29ClN4O3/c1-16(2)21(28-22(30)19-10-6-7-11-20(19)25)23(31)26-18-12-14-29(15-13-18)24(32)27-17-8-4-3-5-9-17/h3-11,16,18,21H,12-15H2,1-2H3,(H,26,31)(H,27,32)(H,28,30). The van der Waals surface area contributed by atoms with E-state index in [0.29, 0.717) is 36.5 Å². The van der Waals surface area contributed by atoms with Crippen LogP contribution < -0.4 is 16.0 Å². The Balaban J connectivity index is 1.51. The Morgan fingerprint density at radius 1 is 0.969 bits per heavy atom. The van der Waals surface area contributed by atoms with Crippen molar-refractivity contribution < 1.29 is 14.4 Å². The van der Waals surface area contributed by atoms with Crippen LogP contribution in [-0.4, -0.2) is 47.9 Å². The van der Waals surface area contributed by atoms with E-state index in [9.17, 15) is 14.4 Å². The van der Waals surface area contributed by atoms with Crippen LogP contribution in [0.25, 0.3) is 0 Å². The van der Waals surface area contributed by atoms with Gasteiger partial charge in [0.2, 0.25) is 5.91 Å². The van der Waals surface area contributed by atoms with E-state index >= 15 is 0 Å². The predicted octanol–water partition coefficient (Wildman–Crippen LogP) is 3.91. The smallest absolute Gasteiger partial charge is 0.321 e. The molecule has 0 bridgehead atoms. The lowest BCUT2D eigenvalue weighted by atomic mass is 10.00. The van der Waals surface area contributed by atoms with Crippen molar-refractivity contribution in [1.29, 1.82) is 0 Å². The Hall–Kier alpha value is -3.06. The summed E-state index contributed by atoms with van der Waals surface area (Å²) >= 11 is 6.11. The highest BCUT2D eigenvalue weighted by Gasteiger charge is 2.29. The third-order valence-corrected chi connectivity index (χ3v) is 5.84. The van der Waals surface area contributed by atoms with Crippen LogP contribution in [0.3, 0.4) is 0 Å². The van der Waals surface area contributed by atoms with Gasteiger partial charge in [0.05, 0.1) is 10.6 Å². The molecule has 4 amide bonds. The average molecular weight is 457 g/mol. The molecule has 2 aromatic carbocycles. The third kappa shape index (κ3) is 6.23. The van der Waals surface area contributed by atoms with Crippen LogP contribution in [0.5, 0.6) is 0 Å². The zero-order valence-corrected chi connectivity index (χ0v) is 19.1. The average Bonchev–Trinajstić information content (AvgIpc) is 2.78. The number of rotatable bonds is 6. The van der Waals surface area contributed by atoms with Crippen molar-refractivity contribution >= 4 is 35.1 Å². The van der Waals surface area contributed by atoms with Gasteiger partial charge in [0.25, 0.3) is 5.91 Å². The molecular weight excluding hydrogens is 428 g/mol. The van der Waals surface area contributed by atoms with Gasteiger partial charge in [-0.3, -0.25) is 9.59 Å². The molecule has 1 heterocycles. The molecule has 0 radical (unpaired) electrons. The Morgan fingerprint density at radius 3 is 2.22 bits per heavy atom. The number of anilines is 1. The van der Waals surface area contributed by atoms with Crippen LogP contribution in [0.4, 0.5) is 10.5 Å². The Bertz CT molecular complexity index is 943. The van der Waals surface area contributed by atoms with Crippen LogP contribution in [-0.2, 0) is 4.79 Å². The van der Waals surface area contributed by atoms with E-state index in [0.717, 1.165) is 5.69 Å². The largest absolute Gasteiger partial charge is 0.351 e. The predicted molar refractivity (Wildman–Crippen MR) is 126 cm³/mol. The first kappa shape index (κ1) is 23.6. The highest BCUT2D eigenvalue weighted by atomic mass is 35.5. The summed E-state index contributed by atoms with van der Waals surface area (Å²) in [5.41, 5.74) is 1.09. The number of carbonyl (C=O) groups excluding carboxylic acids is 3. The molecule has 8 heteroatoms. The van der Waals surface area contributed by atoms with Gasteiger partial charge < -0.3 is 20.9 Å². The number of hydrogen-bond donors (Lipinski definition) is 3. The van der Waals surface area contributed by atoms with E-state index in [4.69, 9.17) is 11.6 Å². The van der Waals surface area contributed by atoms with Gasteiger partial charge in [-0.15, -0.1) is 0 Å². The molecular formula is C24H29ClN4O3. The summed E-state index contributed by atoms with van der Waals surface area (Å²) in [5, 5.41) is 9.07. The van der Waals surface area contributed by atoms with Gasteiger partial charge in [0.15, 0.2) is 0 Å². The minimum Gasteiger partial charge on any atom is -0.351 e. The number of amides is 4. The monoisotopic (exact) mass is 456 g/mol. The van der Waals surface area contributed by atoms with Crippen molar-refractivity contribution in [1.82, 2.24) is 15.5 Å². The van der Waals surface area contributed by atoms with Crippen LogP contribution in [0, 0.1) is 5.92 Å². The Morgan fingerprint density at radius 2 is 1.59 bits per heavy atom. The zero-order chi connectivity index (χ0) is 23.1. The van der Waals surface area contributed by atoms with E-state index in [-0.39, 0.29) is 29.8 Å². The van der Waals surface area contributed by atoms with Gasteiger partial charge in [-0.2, -0.15) is 0 Å². The molecule has 1 saturated heterocycles. The summed E-state index contributed by atoms with van der Waals surface area (Å²) < 4.78 is 0. The molecule has 170 valence electrons. The number of nitrogens with zero attached hydrogens (tertiary/aromatic N) is 1. The molecule has 32 heavy (non-hydrogen) atoms. The molecule has 0 saturated carbocycles. The highest BCUT2D eigenvalue weighted by Crippen LogP contribution is 2.17. The second-order valence-corrected chi connectivity index (χ2v) is 8.65. The van der Waals surface area contributed by atoms with Crippen molar-refractivity contribution in [2.75, 3.05) is 18.4 Å². The van der Waals surface area contributed by atoms with Gasteiger partial charge in [-0.05, 0) is 43.0 Å². The second-order valence-electron chi connectivity index (χ2n) is 8.24. The summed E-state index contributed by atoms with van der Waals surface area (Å²) in [7, 11) is 0. The summed E-state index contributed by atoms with van der Waals surface area (Å²) in [5.74, 6) is -0.706. The summed E-state index contributed by atoms with van der Waals surface area (Å²) in [6.45, 7) is 4.85. The molecule has 0 aliphatic carbocycles. The number of likely N-dealkylation sites (tertiary alicyclic amines) is 1. The molecule has 0 aromatic heterocycles. The number of urea groups is 1. The van der Waals surface area contributed by atoms with Crippen molar-refractivity contribution in [3.8, 4) is 0 Å². The first-order chi connectivity index (χ1) is 15.3. The van der Waals surface area contributed by atoms with E-state index in [1.807, 2.05) is 44.2 Å². The summed E-state index contributed by atoms with van der Waals surface area (Å²) in [6.07, 6.45) is 1.30. The van der Waals surface area contributed by atoms with Crippen LogP contribution in [0.15, 0.2) is 54.6 Å². The fourth-order valence-corrected chi connectivity index (χ4v) is 3.86. The van der Waals surface area contributed by atoms with E-state index < -0.39 is 6.04 Å². The van der Waals surface area contributed by atoms with Crippen molar-refractivity contribution in [3.05, 3.63) is 65.2 Å². The number of benzene rings is 2. The minimum absolute atomic E-state index is 0.0539. The molecule has 3 N–H and O–H groups in total. The number of halogens is 1. The lowest BCUT2D eigenvalue weighted by Crippen LogP contribution is -2.54. The number of nitrogens with one attached hydrogen (secondary N) is 3. The Kier molecular flexibility index (Phi) is 8.11. The van der Waals surface area contributed by atoms with Crippen molar-refractivity contribution in [3.63, 3.8) is 0 Å². The van der Waals surface area contributed by atoms with Crippen molar-refractivity contribution in [2.45, 2.75) is 38.8 Å². The molecule has 1 unspecified atom stereocenters. The van der Waals surface area contributed by atoms with E-state index in [2.05, 4.69) is 16.0 Å². The maximum absolute atomic E-state index is 12.9. The first-order valence-corrected chi connectivity index (χ1v) is 11.2. The van der Waals surface area contributed by atoms with Crippen LogP contribution in [0.1, 0.15) is 37.0 Å². The number of piperidine rings is 1. The maximum Gasteiger partial charge on any atom is 0.321 e. The van der Waals surface area contributed by atoms with E-state index in [1.54, 1.807) is 29.2 Å². The Labute approximate surface area is 193 Å². The number of carbonyl (C=O) groups is 3.